The third-order valence-electron chi connectivity index (χ3n) is 0.845. The summed E-state index contributed by atoms with van der Waals surface area (Å²) in [5, 5.41) is 14.6. The van der Waals surface area contributed by atoms with Crippen LogP contribution in [0.5, 0.6) is 0 Å². The van der Waals surface area contributed by atoms with E-state index in [1.54, 1.807) is 12.4 Å². The maximum absolute atomic E-state index is 9.79. The van der Waals surface area contributed by atoms with E-state index in [-0.39, 0.29) is 0 Å². The summed E-state index contributed by atoms with van der Waals surface area (Å²) in [6.07, 6.45) is 3.46. The highest BCUT2D eigenvalue weighted by molar-refractivity contribution is 7.80. The third kappa shape index (κ3) is 13.0. The topological polar surface area (TPSA) is 165 Å². The van der Waals surface area contributed by atoms with E-state index in [4.69, 9.17) is 9.66 Å². The van der Waals surface area contributed by atoms with Gasteiger partial charge in [0.15, 0.2) is 5.85 Å². The van der Waals surface area contributed by atoms with E-state index >= 15 is 0 Å². The molecule has 10 heteroatoms. The van der Waals surface area contributed by atoms with Crippen LogP contribution in [0.3, 0.4) is 0 Å². The number of nitrogens with zero attached hydrogens (tertiary/aromatic N) is 1. The van der Waals surface area contributed by atoms with Crippen molar-refractivity contribution in [2.45, 2.75) is 5.85 Å². The fourth-order valence-electron chi connectivity index (χ4n) is 0.384. The molecule has 0 aliphatic carbocycles. The Morgan fingerprint density at radius 1 is 1.53 bits per heavy atom. The van der Waals surface area contributed by atoms with Crippen LogP contribution in [0.15, 0.2) is 18.5 Å². The second-order valence-electron chi connectivity index (χ2n) is 2.45. The van der Waals surface area contributed by atoms with Crippen molar-refractivity contribution in [2.75, 3.05) is 6.61 Å². The minimum atomic E-state index is -4.58. The summed E-state index contributed by atoms with van der Waals surface area (Å²) in [6, 6.07) is 1.83. The quantitative estimate of drug-likeness (QED) is 0.292. The standard InChI is InChI=1S/C3H4N2.C2H8N2O5S/c1-2-4-5-3-1;3-2(4,5)1-9-10(6,7)8/h1-3H,(H,4,5);5H,1,3-4H2,(H,6,7,8). The van der Waals surface area contributed by atoms with Crippen molar-refractivity contribution in [3.05, 3.63) is 18.5 Å². The van der Waals surface area contributed by atoms with Gasteiger partial charge in [-0.25, -0.2) is 4.18 Å². The molecule has 0 spiro atoms. The second-order valence-corrected chi connectivity index (χ2v) is 3.54. The van der Waals surface area contributed by atoms with Gasteiger partial charge in [-0.1, -0.05) is 0 Å². The van der Waals surface area contributed by atoms with Crippen LogP contribution in [-0.4, -0.2) is 40.7 Å². The Morgan fingerprint density at radius 3 is 2.27 bits per heavy atom. The summed E-state index contributed by atoms with van der Waals surface area (Å²) in [5.74, 6) is -2.25. The van der Waals surface area contributed by atoms with Crippen LogP contribution < -0.4 is 11.5 Å². The molecule has 9 nitrogen and oxygen atoms in total. The molecule has 0 radical (unpaired) electrons. The van der Waals surface area contributed by atoms with Crippen LogP contribution in [-0.2, 0) is 14.6 Å². The lowest BCUT2D eigenvalue weighted by Gasteiger charge is -2.14. The molecule has 1 heterocycles. The molecule has 0 saturated heterocycles. The van der Waals surface area contributed by atoms with Crippen molar-refractivity contribution < 1.29 is 22.3 Å². The van der Waals surface area contributed by atoms with Crippen molar-refractivity contribution in [2.24, 2.45) is 11.5 Å². The molecule has 15 heavy (non-hydrogen) atoms. The fourth-order valence-corrected chi connectivity index (χ4v) is 0.722. The second kappa shape index (κ2) is 5.75. The van der Waals surface area contributed by atoms with Crippen LogP contribution in [0, 0.1) is 0 Å². The average molecular weight is 240 g/mol. The van der Waals surface area contributed by atoms with Crippen molar-refractivity contribution in [1.29, 1.82) is 0 Å². The van der Waals surface area contributed by atoms with E-state index in [0.29, 0.717) is 0 Å². The first-order valence-corrected chi connectivity index (χ1v) is 4.93. The lowest BCUT2D eigenvalue weighted by Crippen LogP contribution is -2.53. The van der Waals surface area contributed by atoms with Crippen molar-refractivity contribution in [3.63, 3.8) is 0 Å². The summed E-state index contributed by atoms with van der Waals surface area (Å²) in [6.45, 7) is -0.897. The maximum Gasteiger partial charge on any atom is 0.397 e. The van der Waals surface area contributed by atoms with E-state index in [1.165, 1.54) is 0 Å². The van der Waals surface area contributed by atoms with Gasteiger partial charge in [-0.05, 0) is 6.07 Å². The van der Waals surface area contributed by atoms with Gasteiger partial charge in [0.2, 0.25) is 0 Å². The zero-order valence-corrected chi connectivity index (χ0v) is 8.38. The lowest BCUT2D eigenvalue weighted by atomic mass is 10.5. The smallest absolute Gasteiger partial charge is 0.361 e. The maximum atomic E-state index is 9.79. The van der Waals surface area contributed by atoms with Crippen molar-refractivity contribution >= 4 is 10.4 Å². The monoisotopic (exact) mass is 240 g/mol. The number of aliphatic hydroxyl groups is 1. The van der Waals surface area contributed by atoms with E-state index in [1.807, 2.05) is 6.07 Å². The molecule has 0 bridgehead atoms. The summed E-state index contributed by atoms with van der Waals surface area (Å²) in [7, 11) is -4.58. The molecular formula is C5H12N4O5S. The summed E-state index contributed by atoms with van der Waals surface area (Å²) >= 11 is 0. The largest absolute Gasteiger partial charge is 0.397 e. The molecule has 0 aliphatic heterocycles. The SMILES string of the molecule is NC(N)(O)COS(=O)(=O)O.c1cn[nH]c1. The van der Waals surface area contributed by atoms with Crippen LogP contribution in [0.2, 0.25) is 0 Å². The first kappa shape index (κ1) is 14.0. The van der Waals surface area contributed by atoms with Crippen LogP contribution in [0.1, 0.15) is 0 Å². The summed E-state index contributed by atoms with van der Waals surface area (Å²) < 4.78 is 31.1. The van der Waals surface area contributed by atoms with Crippen molar-refractivity contribution in [3.8, 4) is 0 Å². The Bertz CT molecular complexity index is 325. The number of hydrogen-bond donors (Lipinski definition) is 5. The molecule has 0 atom stereocenters. The van der Waals surface area contributed by atoms with Gasteiger partial charge in [0.1, 0.15) is 6.61 Å². The number of H-pyrrole nitrogens is 1. The predicted octanol–water partition coefficient (Wildman–Crippen LogP) is -2.22. The fraction of sp³-hybridized carbons (Fsp3) is 0.400. The van der Waals surface area contributed by atoms with Gasteiger partial charge in [0.25, 0.3) is 0 Å². The summed E-state index contributed by atoms with van der Waals surface area (Å²) in [4.78, 5) is 0. The van der Waals surface area contributed by atoms with Gasteiger partial charge in [-0.2, -0.15) is 13.5 Å². The minimum Gasteiger partial charge on any atom is -0.361 e. The van der Waals surface area contributed by atoms with Crippen LogP contribution in [0.4, 0.5) is 0 Å². The molecule has 1 rings (SSSR count). The number of nitrogens with two attached hydrogens (primary N) is 2. The highest BCUT2D eigenvalue weighted by atomic mass is 32.3. The zero-order chi connectivity index (χ0) is 11.9. The normalized spacial score (nSPS) is 11.7. The molecule has 0 unspecified atom stereocenters. The molecular weight excluding hydrogens is 228 g/mol. The molecule has 0 amide bonds. The van der Waals surface area contributed by atoms with Gasteiger partial charge < -0.3 is 5.11 Å². The molecule has 0 fully saturated rings. The van der Waals surface area contributed by atoms with Gasteiger partial charge in [-0.3, -0.25) is 21.1 Å². The first-order chi connectivity index (χ1) is 6.71. The Kier molecular flexibility index (Phi) is 5.35. The molecule has 0 aromatic carbocycles. The van der Waals surface area contributed by atoms with Gasteiger partial charge in [0.05, 0.1) is 0 Å². The Balaban J connectivity index is 0.000000322. The van der Waals surface area contributed by atoms with Crippen molar-refractivity contribution in [1.82, 2.24) is 10.2 Å². The molecule has 7 N–H and O–H groups in total. The van der Waals surface area contributed by atoms with Gasteiger partial charge in [0, 0.05) is 12.4 Å². The Hall–Kier alpha value is -1.04. The Morgan fingerprint density at radius 2 is 2.13 bits per heavy atom. The number of rotatable bonds is 3. The van der Waals surface area contributed by atoms with Crippen LogP contribution in [0.25, 0.3) is 0 Å². The number of aromatic amines is 1. The summed E-state index contributed by atoms with van der Waals surface area (Å²) in [5.41, 5.74) is 9.35. The first-order valence-electron chi connectivity index (χ1n) is 3.56. The molecule has 88 valence electrons. The van der Waals surface area contributed by atoms with E-state index in [0.717, 1.165) is 0 Å². The third-order valence-corrected chi connectivity index (χ3v) is 1.26. The molecule has 1 aromatic heterocycles. The zero-order valence-electron chi connectivity index (χ0n) is 7.57. The molecule has 0 aliphatic rings. The number of nitrogens with one attached hydrogen (secondary N) is 1. The van der Waals surface area contributed by atoms with Gasteiger partial charge in [-0.15, -0.1) is 0 Å². The predicted molar refractivity (Wildman–Crippen MR) is 49.4 cm³/mol. The number of aromatic nitrogens is 2. The lowest BCUT2D eigenvalue weighted by molar-refractivity contribution is 0.00453. The average Bonchev–Trinajstić information content (AvgIpc) is 2.54. The molecule has 1 aromatic rings. The molecule has 0 saturated carbocycles. The van der Waals surface area contributed by atoms with Crippen LogP contribution >= 0.6 is 0 Å². The van der Waals surface area contributed by atoms with E-state index < -0.39 is 22.9 Å². The van der Waals surface area contributed by atoms with E-state index in [2.05, 4.69) is 25.8 Å². The van der Waals surface area contributed by atoms with Gasteiger partial charge >= 0.3 is 10.4 Å². The number of hydrogen-bond acceptors (Lipinski definition) is 7. The highest BCUT2D eigenvalue weighted by Crippen LogP contribution is 1.90. The highest BCUT2D eigenvalue weighted by Gasteiger charge is 2.17. The Labute approximate surface area is 86.0 Å². The van der Waals surface area contributed by atoms with E-state index in [9.17, 15) is 8.42 Å². The minimum absolute atomic E-state index is 0.897.